The largest absolute Gasteiger partial charge is 0.444 e. The fourth-order valence-electron chi connectivity index (χ4n) is 1.62. The average Bonchev–Trinajstić information content (AvgIpc) is 2.41. The first kappa shape index (κ1) is 12.0. The minimum absolute atomic E-state index is 0.121. The van der Waals surface area contributed by atoms with Gasteiger partial charge in [-0.05, 0) is 32.4 Å². The zero-order chi connectivity index (χ0) is 12.8. The van der Waals surface area contributed by atoms with E-state index in [-0.39, 0.29) is 17.2 Å². The van der Waals surface area contributed by atoms with Crippen LogP contribution in [0.25, 0.3) is 0 Å². The fourth-order valence-corrected chi connectivity index (χ4v) is 1.75. The Morgan fingerprint density at radius 3 is 2.76 bits per heavy atom. The van der Waals surface area contributed by atoms with E-state index in [0.717, 1.165) is 11.1 Å². The van der Waals surface area contributed by atoms with Crippen molar-refractivity contribution in [3.63, 3.8) is 0 Å². The number of nitrogens with zero attached hydrogens (tertiary/aromatic N) is 3. The molecule has 0 saturated carbocycles. The number of cyclic esters (lactones) is 1. The predicted octanol–water partition coefficient (Wildman–Crippen LogP) is 2.39. The lowest BCUT2D eigenvalue weighted by Gasteiger charge is -2.29. The van der Waals surface area contributed by atoms with Gasteiger partial charge in [-0.3, -0.25) is 0 Å². The van der Waals surface area contributed by atoms with Crippen LogP contribution in [0.4, 0.5) is 15.0 Å². The van der Waals surface area contributed by atoms with E-state index in [9.17, 15) is 9.18 Å². The quantitative estimate of drug-likeness (QED) is 0.727. The van der Waals surface area contributed by atoms with Crippen LogP contribution < -0.4 is 4.90 Å². The molecule has 17 heavy (non-hydrogen) atoms. The molecular weight excluding hydrogens is 249 g/mol. The van der Waals surface area contributed by atoms with Gasteiger partial charge < -0.3 is 4.74 Å². The molecule has 1 amide bonds. The van der Waals surface area contributed by atoms with Crippen LogP contribution in [0, 0.1) is 5.82 Å². The molecule has 7 heteroatoms. The van der Waals surface area contributed by atoms with Crippen molar-refractivity contribution in [1.29, 1.82) is 0 Å². The van der Waals surface area contributed by atoms with Crippen LogP contribution in [-0.2, 0) is 4.74 Å². The molecule has 5 nitrogen and oxygen atoms in total. The van der Waals surface area contributed by atoms with Gasteiger partial charge >= 0.3 is 6.09 Å². The Hall–Kier alpha value is -1.43. The first-order valence-corrected chi connectivity index (χ1v) is 5.40. The first-order valence-electron chi connectivity index (χ1n) is 5.03. The second kappa shape index (κ2) is 3.80. The maximum Gasteiger partial charge on any atom is 0.416 e. The summed E-state index contributed by atoms with van der Waals surface area (Å²) in [4.78, 5) is 20.1. The van der Waals surface area contributed by atoms with Crippen LogP contribution in [0.3, 0.4) is 0 Å². The van der Waals surface area contributed by atoms with Gasteiger partial charge in [0.05, 0.1) is 11.7 Å². The lowest BCUT2D eigenvalue weighted by molar-refractivity contribution is 0.129. The summed E-state index contributed by atoms with van der Waals surface area (Å²) >= 11 is 5.60. The lowest BCUT2D eigenvalue weighted by Crippen LogP contribution is -2.46. The molecule has 0 aliphatic carbocycles. The van der Waals surface area contributed by atoms with Crippen LogP contribution >= 0.6 is 11.6 Å². The van der Waals surface area contributed by atoms with E-state index in [1.165, 1.54) is 0 Å². The Morgan fingerprint density at radius 2 is 2.24 bits per heavy atom. The van der Waals surface area contributed by atoms with Gasteiger partial charge in [0.15, 0.2) is 11.6 Å². The second-order valence-electron chi connectivity index (χ2n) is 4.33. The molecule has 0 unspecified atom stereocenters. The van der Waals surface area contributed by atoms with Crippen LogP contribution in [0.1, 0.15) is 20.8 Å². The molecule has 1 aromatic heterocycles. The molecular formula is C10H11ClFN3O2. The van der Waals surface area contributed by atoms with Gasteiger partial charge in [0.2, 0.25) is 5.28 Å². The van der Waals surface area contributed by atoms with Crippen molar-refractivity contribution < 1.29 is 13.9 Å². The number of carbonyl (C=O) groups excluding carboxylic acids is 1. The summed E-state index contributed by atoms with van der Waals surface area (Å²) in [5.41, 5.74) is -0.699. The second-order valence-corrected chi connectivity index (χ2v) is 4.66. The molecule has 1 atom stereocenters. The highest BCUT2D eigenvalue weighted by Gasteiger charge is 2.48. The Morgan fingerprint density at radius 1 is 1.59 bits per heavy atom. The predicted molar refractivity (Wildman–Crippen MR) is 59.5 cm³/mol. The number of anilines is 1. The van der Waals surface area contributed by atoms with E-state index >= 15 is 0 Å². The van der Waals surface area contributed by atoms with E-state index in [1.807, 2.05) is 0 Å². The van der Waals surface area contributed by atoms with Crippen LogP contribution in [0.15, 0.2) is 6.20 Å². The summed E-state index contributed by atoms with van der Waals surface area (Å²) in [5.74, 6) is -0.877. The maximum atomic E-state index is 13.6. The number of amides is 1. The third kappa shape index (κ3) is 1.82. The maximum absolute atomic E-state index is 13.6. The van der Waals surface area contributed by atoms with Crippen molar-refractivity contribution in [2.45, 2.75) is 32.4 Å². The van der Waals surface area contributed by atoms with Crippen molar-refractivity contribution in [1.82, 2.24) is 9.97 Å². The smallest absolute Gasteiger partial charge is 0.416 e. The zero-order valence-electron chi connectivity index (χ0n) is 9.57. The van der Waals surface area contributed by atoms with Gasteiger partial charge in [-0.15, -0.1) is 0 Å². The Bertz CT molecular complexity index is 481. The molecule has 1 aromatic rings. The van der Waals surface area contributed by atoms with E-state index in [0.29, 0.717) is 0 Å². The van der Waals surface area contributed by atoms with Gasteiger partial charge in [0.25, 0.3) is 0 Å². The van der Waals surface area contributed by atoms with E-state index in [4.69, 9.17) is 16.3 Å². The number of halogens is 2. The summed E-state index contributed by atoms with van der Waals surface area (Å²) in [6, 6.07) is 0. The van der Waals surface area contributed by atoms with Gasteiger partial charge in [0.1, 0.15) is 6.10 Å². The monoisotopic (exact) mass is 259 g/mol. The Labute approximate surface area is 103 Å². The van der Waals surface area contributed by atoms with Crippen LogP contribution in [-0.4, -0.2) is 27.7 Å². The summed E-state index contributed by atoms with van der Waals surface area (Å²) in [7, 11) is 0. The molecule has 0 radical (unpaired) electrons. The lowest BCUT2D eigenvalue weighted by atomic mass is 9.98. The van der Waals surface area contributed by atoms with E-state index in [1.54, 1.807) is 20.8 Å². The highest BCUT2D eigenvalue weighted by Crippen LogP contribution is 2.35. The molecule has 1 fully saturated rings. The molecule has 0 spiro atoms. The molecule has 92 valence electrons. The highest BCUT2D eigenvalue weighted by molar-refractivity contribution is 6.28. The number of rotatable bonds is 1. The fraction of sp³-hybridized carbons (Fsp3) is 0.500. The summed E-state index contributed by atoms with van der Waals surface area (Å²) in [6.45, 7) is 5.26. The van der Waals surface area contributed by atoms with Crippen molar-refractivity contribution in [2.75, 3.05) is 4.90 Å². The minimum Gasteiger partial charge on any atom is -0.444 e. The summed E-state index contributed by atoms with van der Waals surface area (Å²) in [5, 5.41) is -0.121. The topological polar surface area (TPSA) is 55.3 Å². The number of aromatic nitrogens is 2. The third-order valence-corrected chi connectivity index (χ3v) is 3.12. The number of hydrogen-bond donors (Lipinski definition) is 0. The molecule has 2 rings (SSSR count). The molecule has 0 aromatic carbocycles. The number of hydrogen-bond acceptors (Lipinski definition) is 4. The third-order valence-electron chi connectivity index (χ3n) is 2.94. The SMILES string of the molecule is C[C@H]1OC(=O)N(c2nc(Cl)ncc2F)C1(C)C. The molecule has 1 aliphatic rings. The summed E-state index contributed by atoms with van der Waals surface area (Å²) < 4.78 is 18.7. The van der Waals surface area contributed by atoms with Crippen molar-refractivity contribution >= 4 is 23.5 Å². The summed E-state index contributed by atoms with van der Waals surface area (Å²) in [6.07, 6.45) is -0.0869. The van der Waals surface area contributed by atoms with Crippen LogP contribution in [0.2, 0.25) is 5.28 Å². The van der Waals surface area contributed by atoms with Gasteiger partial charge in [-0.2, -0.15) is 4.98 Å². The van der Waals surface area contributed by atoms with E-state index < -0.39 is 17.4 Å². The Kier molecular flexibility index (Phi) is 2.69. The molecule has 1 saturated heterocycles. The molecule has 1 aliphatic heterocycles. The zero-order valence-corrected chi connectivity index (χ0v) is 10.3. The first-order chi connectivity index (χ1) is 7.84. The highest BCUT2D eigenvalue weighted by atomic mass is 35.5. The van der Waals surface area contributed by atoms with Gasteiger partial charge in [0, 0.05) is 0 Å². The van der Waals surface area contributed by atoms with Crippen molar-refractivity contribution in [2.24, 2.45) is 0 Å². The van der Waals surface area contributed by atoms with E-state index in [2.05, 4.69) is 9.97 Å². The number of ether oxygens (including phenoxy) is 1. The molecule has 2 heterocycles. The number of carbonyl (C=O) groups is 1. The van der Waals surface area contributed by atoms with Gasteiger partial charge in [-0.1, -0.05) is 0 Å². The van der Waals surface area contributed by atoms with Gasteiger partial charge in [-0.25, -0.2) is 19.1 Å². The Balaban J connectivity index is 2.52. The molecule has 0 N–H and O–H groups in total. The standard InChI is InChI=1S/C10H11ClFN3O2/c1-5-10(2,3)15(9(16)17-5)7-6(12)4-13-8(11)14-7/h4-5H,1-3H3/t5-/m1/s1. The normalized spacial score (nSPS) is 22.8. The minimum atomic E-state index is -0.714. The van der Waals surface area contributed by atoms with Crippen molar-refractivity contribution in [3.05, 3.63) is 17.3 Å². The molecule has 0 bridgehead atoms. The average molecular weight is 260 g/mol. The van der Waals surface area contributed by atoms with Crippen molar-refractivity contribution in [3.8, 4) is 0 Å². The van der Waals surface area contributed by atoms with Crippen LogP contribution in [0.5, 0.6) is 0 Å².